The van der Waals surface area contributed by atoms with Crippen LogP contribution in [0.4, 0.5) is 0 Å². The number of hydrogen-bond donors (Lipinski definition) is 0. The maximum atomic E-state index is 9.23. The van der Waals surface area contributed by atoms with E-state index in [-0.39, 0.29) is 0 Å². The summed E-state index contributed by atoms with van der Waals surface area (Å²) in [4.78, 5) is 2.34. The van der Waals surface area contributed by atoms with E-state index in [0.29, 0.717) is 5.57 Å². The van der Waals surface area contributed by atoms with Crippen molar-refractivity contribution in [2.24, 2.45) is 0 Å². The summed E-state index contributed by atoms with van der Waals surface area (Å²) < 4.78 is 5.10. The third-order valence-corrected chi connectivity index (χ3v) is 3.52. The molecule has 0 saturated carbocycles. The fourth-order valence-electron chi connectivity index (χ4n) is 1.62. The van der Waals surface area contributed by atoms with Crippen molar-refractivity contribution in [3.8, 4) is 11.8 Å². The molecule has 2 rings (SSSR count). The summed E-state index contributed by atoms with van der Waals surface area (Å²) in [5.74, 6) is 0.794. The van der Waals surface area contributed by atoms with Crippen LogP contribution in [0.3, 0.4) is 0 Å². The molecule has 0 amide bonds. The molecule has 3 heteroatoms. The second-order valence-electron chi connectivity index (χ2n) is 3.85. The van der Waals surface area contributed by atoms with Crippen LogP contribution in [0.25, 0.3) is 11.6 Å². The second kappa shape index (κ2) is 5.52. The Hall–Kier alpha value is -2.05. The molecule has 0 bridgehead atoms. The topological polar surface area (TPSA) is 33.0 Å². The smallest absolute Gasteiger partial charge is 0.118 e. The van der Waals surface area contributed by atoms with Crippen LogP contribution in [0.5, 0.6) is 5.75 Å². The maximum absolute atomic E-state index is 9.23. The Bertz CT molecular complexity index is 602. The number of nitrogens with zero attached hydrogens (tertiary/aromatic N) is 1. The van der Waals surface area contributed by atoms with Crippen molar-refractivity contribution in [2.45, 2.75) is 6.92 Å². The van der Waals surface area contributed by atoms with Crippen LogP contribution in [0.15, 0.2) is 36.4 Å². The Labute approximate surface area is 111 Å². The van der Waals surface area contributed by atoms with Gasteiger partial charge in [-0.1, -0.05) is 0 Å². The number of rotatable bonds is 3. The van der Waals surface area contributed by atoms with E-state index in [0.717, 1.165) is 16.2 Å². The van der Waals surface area contributed by atoms with E-state index in [2.05, 4.69) is 19.1 Å². The molecule has 0 radical (unpaired) electrons. The van der Waals surface area contributed by atoms with Gasteiger partial charge in [-0.05, 0) is 55.0 Å². The van der Waals surface area contributed by atoms with E-state index in [9.17, 15) is 5.26 Å². The minimum absolute atomic E-state index is 0.666. The van der Waals surface area contributed by atoms with Crippen LogP contribution in [0.1, 0.15) is 15.3 Å². The van der Waals surface area contributed by atoms with Gasteiger partial charge >= 0.3 is 0 Å². The molecule has 0 spiro atoms. The number of thiophene rings is 1. The molecular weight excluding hydrogens is 242 g/mol. The number of hydrogen-bond acceptors (Lipinski definition) is 3. The molecule has 1 aromatic heterocycles. The molecule has 1 aromatic carbocycles. The van der Waals surface area contributed by atoms with Gasteiger partial charge in [-0.3, -0.25) is 0 Å². The Morgan fingerprint density at radius 3 is 2.44 bits per heavy atom. The molecule has 1 heterocycles. The van der Waals surface area contributed by atoms with Gasteiger partial charge in [0, 0.05) is 9.75 Å². The summed E-state index contributed by atoms with van der Waals surface area (Å²) in [7, 11) is 1.63. The van der Waals surface area contributed by atoms with Gasteiger partial charge in [-0.15, -0.1) is 11.3 Å². The van der Waals surface area contributed by atoms with Crippen LogP contribution in [-0.4, -0.2) is 7.11 Å². The average Bonchev–Trinajstić information content (AvgIpc) is 2.82. The Morgan fingerprint density at radius 1 is 1.22 bits per heavy atom. The van der Waals surface area contributed by atoms with Crippen LogP contribution >= 0.6 is 11.3 Å². The lowest BCUT2D eigenvalue weighted by atomic mass is 10.1. The number of methoxy groups -OCH3 is 1. The van der Waals surface area contributed by atoms with E-state index < -0.39 is 0 Å². The highest BCUT2D eigenvalue weighted by atomic mass is 32.1. The van der Waals surface area contributed by atoms with Gasteiger partial charge < -0.3 is 4.74 Å². The normalized spacial score (nSPS) is 11.1. The highest BCUT2D eigenvalue weighted by molar-refractivity contribution is 7.12. The minimum atomic E-state index is 0.666. The molecule has 18 heavy (non-hydrogen) atoms. The first-order chi connectivity index (χ1) is 8.72. The molecule has 2 aromatic rings. The lowest BCUT2D eigenvalue weighted by molar-refractivity contribution is 0.415. The van der Waals surface area contributed by atoms with Crippen LogP contribution in [0.2, 0.25) is 0 Å². The molecule has 90 valence electrons. The molecule has 0 fully saturated rings. The van der Waals surface area contributed by atoms with Gasteiger partial charge in [-0.2, -0.15) is 5.26 Å². The van der Waals surface area contributed by atoms with Crippen molar-refractivity contribution in [1.82, 2.24) is 0 Å². The van der Waals surface area contributed by atoms with Crippen molar-refractivity contribution in [3.63, 3.8) is 0 Å². The van der Waals surface area contributed by atoms with Crippen molar-refractivity contribution >= 4 is 23.0 Å². The molecule has 0 aliphatic carbocycles. The van der Waals surface area contributed by atoms with Crippen LogP contribution in [-0.2, 0) is 0 Å². The number of ether oxygens (including phenoxy) is 1. The summed E-state index contributed by atoms with van der Waals surface area (Å²) in [6, 6.07) is 13.8. The lowest BCUT2D eigenvalue weighted by Gasteiger charge is -2.01. The van der Waals surface area contributed by atoms with Crippen LogP contribution in [0, 0.1) is 18.3 Å². The molecular formula is C15H13NOS. The van der Waals surface area contributed by atoms with Gasteiger partial charge in [0.15, 0.2) is 0 Å². The highest BCUT2D eigenvalue weighted by Crippen LogP contribution is 2.24. The molecule has 2 nitrogen and oxygen atoms in total. The van der Waals surface area contributed by atoms with Crippen molar-refractivity contribution in [1.29, 1.82) is 5.26 Å². The standard InChI is InChI=1S/C15H13NOS/c1-11-3-8-15(18-11)9-13(10-16)12-4-6-14(17-2)7-5-12/h3-9H,1-2H3/b13-9+. The van der Waals surface area contributed by atoms with Gasteiger partial charge in [0.2, 0.25) is 0 Å². The molecule has 0 unspecified atom stereocenters. The van der Waals surface area contributed by atoms with E-state index in [1.165, 1.54) is 4.88 Å². The third-order valence-electron chi connectivity index (χ3n) is 2.57. The second-order valence-corrected chi connectivity index (χ2v) is 5.17. The van der Waals surface area contributed by atoms with Crippen molar-refractivity contribution < 1.29 is 4.74 Å². The molecule has 0 saturated heterocycles. The fourth-order valence-corrected chi connectivity index (χ4v) is 2.44. The predicted molar refractivity (Wildman–Crippen MR) is 75.5 cm³/mol. The monoisotopic (exact) mass is 255 g/mol. The maximum Gasteiger partial charge on any atom is 0.118 e. The van der Waals surface area contributed by atoms with Crippen LogP contribution < -0.4 is 4.74 Å². The lowest BCUT2D eigenvalue weighted by Crippen LogP contribution is -1.84. The predicted octanol–water partition coefficient (Wildman–Crippen LogP) is 4.13. The Balaban J connectivity index is 2.33. The number of aryl methyl sites for hydroxylation is 1. The zero-order chi connectivity index (χ0) is 13.0. The van der Waals surface area contributed by atoms with Gasteiger partial charge in [0.05, 0.1) is 18.8 Å². The first-order valence-corrected chi connectivity index (χ1v) is 6.37. The number of allylic oxidation sites excluding steroid dienone is 1. The van der Waals surface area contributed by atoms with Crippen molar-refractivity contribution in [2.75, 3.05) is 7.11 Å². The quantitative estimate of drug-likeness (QED) is 0.772. The third kappa shape index (κ3) is 2.79. The first-order valence-electron chi connectivity index (χ1n) is 5.55. The fraction of sp³-hybridized carbons (Fsp3) is 0.133. The summed E-state index contributed by atoms with van der Waals surface area (Å²) in [5.41, 5.74) is 1.57. The molecule has 0 atom stereocenters. The Morgan fingerprint density at radius 2 is 1.94 bits per heavy atom. The zero-order valence-electron chi connectivity index (χ0n) is 10.3. The SMILES string of the molecule is COc1ccc(/C(C#N)=C/c2ccc(C)s2)cc1. The van der Waals surface area contributed by atoms with Crippen molar-refractivity contribution in [3.05, 3.63) is 51.7 Å². The van der Waals surface area contributed by atoms with Gasteiger partial charge in [0.1, 0.15) is 5.75 Å². The van der Waals surface area contributed by atoms with Gasteiger partial charge in [0.25, 0.3) is 0 Å². The average molecular weight is 255 g/mol. The summed E-state index contributed by atoms with van der Waals surface area (Å²) >= 11 is 1.68. The minimum Gasteiger partial charge on any atom is -0.497 e. The summed E-state index contributed by atoms with van der Waals surface area (Å²) in [5, 5.41) is 9.23. The summed E-state index contributed by atoms with van der Waals surface area (Å²) in [6.45, 7) is 2.06. The number of nitriles is 1. The highest BCUT2D eigenvalue weighted by Gasteiger charge is 2.02. The van der Waals surface area contributed by atoms with Gasteiger partial charge in [-0.25, -0.2) is 0 Å². The Kier molecular flexibility index (Phi) is 3.81. The molecule has 0 aliphatic heterocycles. The van der Waals surface area contributed by atoms with E-state index in [1.807, 2.05) is 36.4 Å². The van der Waals surface area contributed by atoms with E-state index in [1.54, 1.807) is 18.4 Å². The molecule has 0 aliphatic rings. The number of benzene rings is 1. The van der Waals surface area contributed by atoms with E-state index >= 15 is 0 Å². The molecule has 0 N–H and O–H groups in total. The largest absolute Gasteiger partial charge is 0.497 e. The first kappa shape index (κ1) is 12.4. The van der Waals surface area contributed by atoms with E-state index in [4.69, 9.17) is 4.74 Å². The zero-order valence-corrected chi connectivity index (χ0v) is 11.1. The summed E-state index contributed by atoms with van der Waals surface area (Å²) in [6.07, 6.45) is 1.92.